The summed E-state index contributed by atoms with van der Waals surface area (Å²) >= 11 is 0. The highest BCUT2D eigenvalue weighted by Crippen LogP contribution is 2.45. The molecule has 0 amide bonds. The zero-order valence-electron chi connectivity index (χ0n) is 11.5. The molecule has 0 spiro atoms. The first-order chi connectivity index (χ1) is 8.42. The van der Waals surface area contributed by atoms with Crippen molar-refractivity contribution in [1.82, 2.24) is 0 Å². The van der Waals surface area contributed by atoms with Crippen LogP contribution in [-0.4, -0.2) is 0 Å². The molecular formula is C17H30. The minimum Gasteiger partial charge on any atom is -0.0533 e. The summed E-state index contributed by atoms with van der Waals surface area (Å²) in [5.74, 6) is 4.53. The van der Waals surface area contributed by atoms with E-state index in [-0.39, 0.29) is 0 Å². The molecule has 0 heterocycles. The van der Waals surface area contributed by atoms with Gasteiger partial charge in [-0.15, -0.1) is 0 Å². The van der Waals surface area contributed by atoms with E-state index in [1.165, 1.54) is 32.1 Å². The molecule has 0 aromatic heterocycles. The van der Waals surface area contributed by atoms with E-state index in [1.807, 2.05) is 0 Å². The summed E-state index contributed by atoms with van der Waals surface area (Å²) in [6.07, 6.45) is 20.3. The molecule has 3 unspecified atom stereocenters. The minimum absolute atomic E-state index is 1.12. The Morgan fingerprint density at radius 2 is 1.24 bits per heavy atom. The van der Waals surface area contributed by atoms with Gasteiger partial charge in [0.2, 0.25) is 0 Å². The lowest BCUT2D eigenvalue weighted by Crippen LogP contribution is -2.28. The van der Waals surface area contributed by atoms with Crippen LogP contribution in [0.1, 0.15) is 83.5 Å². The van der Waals surface area contributed by atoms with Crippen LogP contribution < -0.4 is 0 Å². The lowest BCUT2D eigenvalue weighted by Gasteiger charge is -2.40. The predicted molar refractivity (Wildman–Crippen MR) is 74.0 cm³/mol. The number of hydrogen-bond donors (Lipinski definition) is 0. The third-order valence-corrected chi connectivity index (χ3v) is 6.04. The molecule has 0 saturated heterocycles. The maximum Gasteiger partial charge on any atom is -0.0383 e. The van der Waals surface area contributed by atoms with E-state index in [2.05, 4.69) is 0 Å². The summed E-state index contributed by atoms with van der Waals surface area (Å²) in [5.41, 5.74) is 0. The number of fused-ring (bicyclic) bond motifs is 1. The van der Waals surface area contributed by atoms with Gasteiger partial charge in [0.05, 0.1) is 0 Å². The second-order valence-electron chi connectivity index (χ2n) is 7.22. The second kappa shape index (κ2) is 5.76. The molecule has 98 valence electrons. The van der Waals surface area contributed by atoms with E-state index in [0.717, 1.165) is 23.7 Å². The van der Waals surface area contributed by atoms with Crippen LogP contribution in [-0.2, 0) is 0 Å². The molecule has 0 heteroatoms. The quantitative estimate of drug-likeness (QED) is 0.586. The highest BCUT2D eigenvalue weighted by Gasteiger charge is 2.33. The van der Waals surface area contributed by atoms with Crippen LogP contribution in [0.2, 0.25) is 0 Å². The predicted octanol–water partition coefficient (Wildman–Crippen LogP) is 5.56. The van der Waals surface area contributed by atoms with Crippen LogP contribution in [0.15, 0.2) is 0 Å². The zero-order chi connectivity index (χ0) is 11.5. The molecule has 3 fully saturated rings. The summed E-state index contributed by atoms with van der Waals surface area (Å²) in [6.45, 7) is 0. The molecule has 0 bridgehead atoms. The fraction of sp³-hybridized carbons (Fsp3) is 1.00. The highest BCUT2D eigenvalue weighted by atomic mass is 14.4. The van der Waals surface area contributed by atoms with Gasteiger partial charge in [0.15, 0.2) is 0 Å². The molecule has 3 aliphatic carbocycles. The summed E-state index contributed by atoms with van der Waals surface area (Å²) in [7, 11) is 0. The van der Waals surface area contributed by atoms with Crippen molar-refractivity contribution in [2.45, 2.75) is 83.5 Å². The van der Waals surface area contributed by atoms with Crippen molar-refractivity contribution < 1.29 is 0 Å². The van der Waals surface area contributed by atoms with Crippen molar-refractivity contribution in [2.75, 3.05) is 0 Å². The maximum absolute atomic E-state index is 1.61. The summed E-state index contributed by atoms with van der Waals surface area (Å²) < 4.78 is 0. The average molecular weight is 234 g/mol. The van der Waals surface area contributed by atoms with Gasteiger partial charge in [0.1, 0.15) is 0 Å². The normalized spacial score (nSPS) is 39.9. The molecule has 3 saturated carbocycles. The van der Waals surface area contributed by atoms with Crippen molar-refractivity contribution in [2.24, 2.45) is 23.7 Å². The van der Waals surface area contributed by atoms with Crippen molar-refractivity contribution in [3.05, 3.63) is 0 Å². The Hall–Kier alpha value is 0. The van der Waals surface area contributed by atoms with Crippen molar-refractivity contribution in [3.8, 4) is 0 Å². The van der Waals surface area contributed by atoms with E-state index in [4.69, 9.17) is 0 Å². The van der Waals surface area contributed by atoms with Crippen LogP contribution >= 0.6 is 0 Å². The Morgan fingerprint density at radius 1 is 0.529 bits per heavy atom. The lowest BCUT2D eigenvalue weighted by molar-refractivity contribution is 0.111. The Bertz CT molecular complexity index is 224. The summed E-state index contributed by atoms with van der Waals surface area (Å²) in [6, 6.07) is 0. The Balaban J connectivity index is 1.48. The third kappa shape index (κ3) is 3.06. The smallest absolute Gasteiger partial charge is 0.0383 e. The van der Waals surface area contributed by atoms with Gasteiger partial charge in [-0.25, -0.2) is 0 Å². The Morgan fingerprint density at radius 3 is 2.06 bits per heavy atom. The van der Waals surface area contributed by atoms with Crippen LogP contribution in [0, 0.1) is 23.7 Å². The number of hydrogen-bond acceptors (Lipinski definition) is 0. The summed E-state index contributed by atoms with van der Waals surface area (Å²) in [5, 5.41) is 0. The topological polar surface area (TPSA) is 0 Å². The van der Waals surface area contributed by atoms with Gasteiger partial charge in [-0.1, -0.05) is 64.2 Å². The molecular weight excluding hydrogens is 204 g/mol. The van der Waals surface area contributed by atoms with Gasteiger partial charge in [-0.3, -0.25) is 0 Å². The summed E-state index contributed by atoms with van der Waals surface area (Å²) in [4.78, 5) is 0. The largest absolute Gasteiger partial charge is 0.0533 e. The molecule has 0 aliphatic heterocycles. The average Bonchev–Trinajstić information content (AvgIpc) is 2.40. The SMILES string of the molecule is C1CCC(CC2CCC3CCCCC3C2)CC1. The van der Waals surface area contributed by atoms with Crippen LogP contribution in [0.25, 0.3) is 0 Å². The van der Waals surface area contributed by atoms with E-state index < -0.39 is 0 Å². The Labute approximate surface area is 108 Å². The van der Waals surface area contributed by atoms with Gasteiger partial charge >= 0.3 is 0 Å². The van der Waals surface area contributed by atoms with Gasteiger partial charge in [-0.05, 0) is 42.9 Å². The molecule has 17 heavy (non-hydrogen) atoms. The molecule has 3 aliphatic rings. The van der Waals surface area contributed by atoms with Gasteiger partial charge in [0, 0.05) is 0 Å². The first-order valence-corrected chi connectivity index (χ1v) is 8.42. The molecule has 0 nitrogen and oxygen atoms in total. The lowest BCUT2D eigenvalue weighted by atomic mass is 9.65. The van der Waals surface area contributed by atoms with E-state index in [0.29, 0.717) is 0 Å². The fourth-order valence-corrected chi connectivity index (χ4v) is 5.08. The molecule has 0 aromatic rings. The molecule has 3 rings (SSSR count). The monoisotopic (exact) mass is 234 g/mol. The van der Waals surface area contributed by atoms with Gasteiger partial charge in [-0.2, -0.15) is 0 Å². The van der Waals surface area contributed by atoms with E-state index >= 15 is 0 Å². The number of rotatable bonds is 2. The zero-order valence-corrected chi connectivity index (χ0v) is 11.5. The maximum atomic E-state index is 1.61. The van der Waals surface area contributed by atoms with E-state index in [1.54, 1.807) is 51.4 Å². The van der Waals surface area contributed by atoms with Crippen molar-refractivity contribution >= 4 is 0 Å². The van der Waals surface area contributed by atoms with Crippen LogP contribution in [0.4, 0.5) is 0 Å². The first-order valence-electron chi connectivity index (χ1n) is 8.42. The van der Waals surface area contributed by atoms with Gasteiger partial charge < -0.3 is 0 Å². The Kier molecular flexibility index (Phi) is 4.08. The van der Waals surface area contributed by atoms with E-state index in [9.17, 15) is 0 Å². The molecule has 0 radical (unpaired) electrons. The molecule has 0 N–H and O–H groups in total. The minimum atomic E-state index is 1.12. The fourth-order valence-electron chi connectivity index (χ4n) is 5.08. The molecule has 3 atom stereocenters. The van der Waals surface area contributed by atoms with Crippen molar-refractivity contribution in [3.63, 3.8) is 0 Å². The second-order valence-corrected chi connectivity index (χ2v) is 7.22. The van der Waals surface area contributed by atoms with Crippen LogP contribution in [0.5, 0.6) is 0 Å². The van der Waals surface area contributed by atoms with Crippen LogP contribution in [0.3, 0.4) is 0 Å². The molecule has 0 aromatic carbocycles. The third-order valence-electron chi connectivity index (χ3n) is 6.04. The van der Waals surface area contributed by atoms with Gasteiger partial charge in [0.25, 0.3) is 0 Å². The highest BCUT2D eigenvalue weighted by molar-refractivity contribution is 4.84. The van der Waals surface area contributed by atoms with Crippen molar-refractivity contribution in [1.29, 1.82) is 0 Å². The standard InChI is InChI=1S/C17H30/c1-2-6-14(7-3-1)12-15-10-11-16-8-4-5-9-17(16)13-15/h14-17H,1-13H2. The first kappa shape index (κ1) is 12.1.